The second kappa shape index (κ2) is 6.61. The molecule has 3 heterocycles. The predicted octanol–water partition coefficient (Wildman–Crippen LogP) is 4.04. The highest BCUT2D eigenvalue weighted by molar-refractivity contribution is 7.10. The molecule has 24 heavy (non-hydrogen) atoms. The quantitative estimate of drug-likeness (QED) is 0.721. The van der Waals surface area contributed by atoms with E-state index in [0.717, 1.165) is 30.3 Å². The summed E-state index contributed by atoms with van der Waals surface area (Å²) in [6.07, 6.45) is 3.82. The van der Waals surface area contributed by atoms with Crippen LogP contribution < -0.4 is 4.74 Å². The topological polar surface area (TPSA) is 42.4 Å². The maximum absolute atomic E-state index is 12.6. The van der Waals surface area contributed by atoms with Crippen molar-refractivity contribution in [1.29, 1.82) is 0 Å². The van der Waals surface area contributed by atoms with E-state index in [0.29, 0.717) is 5.75 Å². The van der Waals surface area contributed by atoms with Gasteiger partial charge in [0.05, 0.1) is 6.04 Å². The van der Waals surface area contributed by atoms with E-state index in [-0.39, 0.29) is 18.6 Å². The summed E-state index contributed by atoms with van der Waals surface area (Å²) in [5.74, 6) is 0.701. The van der Waals surface area contributed by atoms with Crippen LogP contribution in [-0.2, 0) is 4.79 Å². The lowest BCUT2D eigenvalue weighted by Crippen LogP contribution is -2.34. The van der Waals surface area contributed by atoms with Crippen molar-refractivity contribution in [1.82, 2.24) is 9.88 Å². The second-order valence-electron chi connectivity index (χ2n) is 5.88. The highest BCUT2D eigenvalue weighted by Gasteiger charge is 2.30. The van der Waals surface area contributed by atoms with Gasteiger partial charge in [0.15, 0.2) is 6.61 Å². The van der Waals surface area contributed by atoms with E-state index in [1.807, 2.05) is 41.3 Å². The molecule has 5 heteroatoms. The molecule has 0 aliphatic carbocycles. The maximum atomic E-state index is 12.6. The van der Waals surface area contributed by atoms with Crippen LogP contribution in [0.3, 0.4) is 0 Å². The van der Waals surface area contributed by atoms with Crippen molar-refractivity contribution < 1.29 is 9.53 Å². The number of amides is 1. The summed E-state index contributed by atoms with van der Waals surface area (Å²) in [4.78, 5) is 20.2. The summed E-state index contributed by atoms with van der Waals surface area (Å²) < 4.78 is 5.81. The van der Waals surface area contributed by atoms with Crippen LogP contribution in [0, 0.1) is 0 Å². The minimum Gasteiger partial charge on any atom is -0.481 e. The molecular formula is C19H18N2O2S. The van der Waals surface area contributed by atoms with Gasteiger partial charge in [-0.2, -0.15) is 0 Å². The number of ether oxygens (including phenoxy) is 1. The number of hydrogen-bond acceptors (Lipinski definition) is 4. The van der Waals surface area contributed by atoms with Crippen LogP contribution >= 0.6 is 11.3 Å². The van der Waals surface area contributed by atoms with E-state index in [4.69, 9.17) is 4.74 Å². The number of carbonyl (C=O) groups is 1. The summed E-state index contributed by atoms with van der Waals surface area (Å²) in [7, 11) is 0. The van der Waals surface area contributed by atoms with Gasteiger partial charge in [-0.3, -0.25) is 9.78 Å². The molecule has 122 valence electrons. The summed E-state index contributed by atoms with van der Waals surface area (Å²) in [6, 6.07) is 14.0. The number of likely N-dealkylation sites (tertiary alicyclic amines) is 1. The summed E-state index contributed by atoms with van der Waals surface area (Å²) >= 11 is 1.71. The Hall–Kier alpha value is -2.40. The number of fused-ring (bicyclic) bond motifs is 1. The van der Waals surface area contributed by atoms with Crippen LogP contribution in [0.15, 0.2) is 54.0 Å². The molecule has 1 amide bonds. The van der Waals surface area contributed by atoms with Gasteiger partial charge in [-0.15, -0.1) is 11.3 Å². The molecule has 0 radical (unpaired) electrons. The average molecular weight is 338 g/mol. The SMILES string of the molecule is O=C(COc1cccc2cccnc12)N1CCC[C@@H]1c1cccs1. The Kier molecular flexibility index (Phi) is 4.17. The van der Waals surface area contributed by atoms with Crippen LogP contribution in [0.1, 0.15) is 23.8 Å². The molecule has 1 aliphatic rings. The number of rotatable bonds is 4. The number of thiophene rings is 1. The number of para-hydroxylation sites is 1. The fraction of sp³-hybridized carbons (Fsp3) is 0.263. The van der Waals surface area contributed by atoms with Crippen molar-refractivity contribution in [3.8, 4) is 5.75 Å². The minimum atomic E-state index is 0.0406. The number of pyridine rings is 1. The van der Waals surface area contributed by atoms with E-state index in [1.165, 1.54) is 4.88 Å². The minimum absolute atomic E-state index is 0.0406. The number of aromatic nitrogens is 1. The zero-order valence-corrected chi connectivity index (χ0v) is 14.0. The summed E-state index contributed by atoms with van der Waals surface area (Å²) in [5, 5.41) is 3.08. The van der Waals surface area contributed by atoms with Gasteiger partial charge in [-0.05, 0) is 36.4 Å². The fourth-order valence-corrected chi connectivity index (χ4v) is 4.13. The molecular weight excluding hydrogens is 320 g/mol. The molecule has 2 aromatic heterocycles. The summed E-state index contributed by atoms with van der Waals surface area (Å²) in [6.45, 7) is 0.857. The number of nitrogens with zero attached hydrogens (tertiary/aromatic N) is 2. The van der Waals surface area contributed by atoms with Crippen molar-refractivity contribution >= 4 is 28.1 Å². The van der Waals surface area contributed by atoms with Crippen LogP contribution in [0.25, 0.3) is 10.9 Å². The van der Waals surface area contributed by atoms with Crippen molar-refractivity contribution in [2.24, 2.45) is 0 Å². The average Bonchev–Trinajstić information content (AvgIpc) is 3.30. The lowest BCUT2D eigenvalue weighted by atomic mass is 10.2. The van der Waals surface area contributed by atoms with Crippen LogP contribution in [-0.4, -0.2) is 28.9 Å². The molecule has 0 spiro atoms. The maximum Gasteiger partial charge on any atom is 0.261 e. The molecule has 0 saturated carbocycles. The van der Waals surface area contributed by atoms with Gasteiger partial charge in [-0.1, -0.05) is 24.3 Å². The Labute approximate surface area is 144 Å². The van der Waals surface area contributed by atoms with E-state index in [2.05, 4.69) is 16.4 Å². The van der Waals surface area contributed by atoms with Gasteiger partial charge in [-0.25, -0.2) is 0 Å². The third-order valence-corrected chi connectivity index (χ3v) is 5.37. The Bertz CT molecular complexity index is 842. The van der Waals surface area contributed by atoms with Gasteiger partial charge < -0.3 is 9.64 Å². The first kappa shape index (κ1) is 15.1. The van der Waals surface area contributed by atoms with E-state index >= 15 is 0 Å². The Morgan fingerprint density at radius 3 is 3.04 bits per heavy atom. The van der Waals surface area contributed by atoms with Gasteiger partial charge in [0, 0.05) is 23.0 Å². The normalized spacial score (nSPS) is 17.3. The Morgan fingerprint density at radius 1 is 1.25 bits per heavy atom. The van der Waals surface area contributed by atoms with Crippen LogP contribution in [0.4, 0.5) is 0 Å². The first-order valence-corrected chi connectivity index (χ1v) is 9.00. The molecule has 1 saturated heterocycles. The highest BCUT2D eigenvalue weighted by atomic mass is 32.1. The third kappa shape index (κ3) is 2.87. The van der Waals surface area contributed by atoms with Crippen molar-refractivity contribution in [2.75, 3.05) is 13.2 Å². The Balaban J connectivity index is 1.48. The third-order valence-electron chi connectivity index (χ3n) is 4.39. The van der Waals surface area contributed by atoms with Crippen molar-refractivity contribution in [2.45, 2.75) is 18.9 Å². The predicted molar refractivity (Wildman–Crippen MR) is 95.2 cm³/mol. The van der Waals surface area contributed by atoms with Crippen molar-refractivity contribution in [3.63, 3.8) is 0 Å². The lowest BCUT2D eigenvalue weighted by molar-refractivity contribution is -0.134. The second-order valence-corrected chi connectivity index (χ2v) is 6.86. The zero-order chi connectivity index (χ0) is 16.4. The van der Waals surface area contributed by atoms with E-state index < -0.39 is 0 Å². The number of carbonyl (C=O) groups excluding carboxylic acids is 1. The van der Waals surface area contributed by atoms with Gasteiger partial charge in [0.1, 0.15) is 11.3 Å². The molecule has 1 aromatic carbocycles. The molecule has 1 atom stereocenters. The van der Waals surface area contributed by atoms with Crippen LogP contribution in [0.2, 0.25) is 0 Å². The van der Waals surface area contributed by atoms with E-state index in [9.17, 15) is 4.79 Å². The number of benzene rings is 1. The van der Waals surface area contributed by atoms with E-state index in [1.54, 1.807) is 17.5 Å². The largest absolute Gasteiger partial charge is 0.481 e. The molecule has 4 nitrogen and oxygen atoms in total. The molecule has 3 aromatic rings. The summed E-state index contributed by atoms with van der Waals surface area (Å²) in [5.41, 5.74) is 0.795. The lowest BCUT2D eigenvalue weighted by Gasteiger charge is -2.24. The smallest absolute Gasteiger partial charge is 0.261 e. The first-order chi connectivity index (χ1) is 11.8. The Morgan fingerprint density at radius 2 is 2.17 bits per heavy atom. The highest BCUT2D eigenvalue weighted by Crippen LogP contribution is 2.34. The monoisotopic (exact) mass is 338 g/mol. The van der Waals surface area contributed by atoms with Crippen molar-refractivity contribution in [3.05, 3.63) is 58.9 Å². The standard InChI is InChI=1S/C19H18N2O2S/c22-18(21-11-3-7-15(21)17-9-4-12-24-17)13-23-16-8-1-5-14-6-2-10-20-19(14)16/h1-2,4-6,8-10,12,15H,3,7,11,13H2/t15-/m1/s1. The molecule has 0 N–H and O–H groups in total. The first-order valence-electron chi connectivity index (χ1n) is 8.12. The number of hydrogen-bond donors (Lipinski definition) is 0. The molecule has 1 fully saturated rings. The molecule has 0 unspecified atom stereocenters. The molecule has 0 bridgehead atoms. The van der Waals surface area contributed by atoms with Gasteiger partial charge in [0.25, 0.3) is 5.91 Å². The zero-order valence-electron chi connectivity index (χ0n) is 13.2. The molecule has 1 aliphatic heterocycles. The van der Waals surface area contributed by atoms with Gasteiger partial charge >= 0.3 is 0 Å². The fourth-order valence-electron chi connectivity index (χ4n) is 3.26. The molecule has 4 rings (SSSR count). The van der Waals surface area contributed by atoms with Gasteiger partial charge in [0.2, 0.25) is 0 Å². The van der Waals surface area contributed by atoms with Crippen LogP contribution in [0.5, 0.6) is 5.75 Å².